The number of carbonyl (C=O) groups excluding carboxylic acids is 2. The fourth-order valence-corrected chi connectivity index (χ4v) is 5.10. The summed E-state index contributed by atoms with van der Waals surface area (Å²) in [6, 6.07) is 3.54. The Labute approximate surface area is 204 Å². The van der Waals surface area contributed by atoms with E-state index in [0.29, 0.717) is 67.8 Å². The molecule has 9 nitrogen and oxygen atoms in total. The molecule has 35 heavy (non-hydrogen) atoms. The molecule has 1 aromatic heterocycles. The first-order chi connectivity index (χ1) is 16.9. The van der Waals surface area contributed by atoms with Crippen LogP contribution in [-0.2, 0) is 22.4 Å². The molecule has 3 aliphatic rings. The number of rotatable bonds is 6. The first kappa shape index (κ1) is 23.3. The predicted octanol–water partition coefficient (Wildman–Crippen LogP) is 2.85. The minimum absolute atomic E-state index is 0.0754. The standard InChI is InChI=1S/C26H31N3O6/c1-3-32-23(30)7-6-16-12-28-22(11-20(16)27)35-18-10-17-14-34-21-9-15(2)19-5-4-8-33-25(19)24(21)26(31)29(17)13-18/h9,11-12,17-18H,3-8,10,13-14H2,1-2H3,(H2,27,28)/t17-,18+/m1/s1. The number of anilines is 1. The van der Waals surface area contributed by atoms with E-state index in [0.717, 1.165) is 29.5 Å². The number of fused-ring (bicyclic) bond motifs is 4. The van der Waals surface area contributed by atoms with Crippen LogP contribution < -0.4 is 19.9 Å². The SMILES string of the molecule is CCOC(=O)CCc1cnc(O[C@H]2C[C@@H]3COc4cc(C)c5c(c4C(=O)N3C2)OCCC5)cc1N. The predicted molar refractivity (Wildman–Crippen MR) is 128 cm³/mol. The maximum atomic E-state index is 13.6. The Kier molecular flexibility index (Phi) is 6.40. The highest BCUT2D eigenvalue weighted by molar-refractivity contribution is 6.01. The quantitative estimate of drug-likeness (QED) is 0.627. The average molecular weight is 482 g/mol. The van der Waals surface area contributed by atoms with Gasteiger partial charge in [0.05, 0.1) is 25.8 Å². The molecule has 1 aromatic carbocycles. The Morgan fingerprint density at radius 3 is 2.97 bits per heavy atom. The van der Waals surface area contributed by atoms with Gasteiger partial charge in [-0.25, -0.2) is 4.98 Å². The fraction of sp³-hybridized carbons (Fsp3) is 0.500. The second kappa shape index (κ2) is 9.64. The molecule has 2 atom stereocenters. The molecule has 0 saturated carbocycles. The highest BCUT2D eigenvalue weighted by Gasteiger charge is 2.42. The Balaban J connectivity index is 1.28. The van der Waals surface area contributed by atoms with Gasteiger partial charge in [-0.15, -0.1) is 0 Å². The van der Waals surface area contributed by atoms with Gasteiger partial charge >= 0.3 is 5.97 Å². The van der Waals surface area contributed by atoms with Crippen molar-refractivity contribution in [2.45, 2.75) is 58.1 Å². The molecule has 186 valence electrons. The lowest BCUT2D eigenvalue weighted by Crippen LogP contribution is -2.37. The van der Waals surface area contributed by atoms with E-state index in [1.54, 1.807) is 19.2 Å². The van der Waals surface area contributed by atoms with Crippen molar-refractivity contribution < 1.29 is 28.5 Å². The van der Waals surface area contributed by atoms with Crippen molar-refractivity contribution in [1.29, 1.82) is 0 Å². The number of esters is 1. The zero-order valence-corrected chi connectivity index (χ0v) is 20.2. The molecule has 0 radical (unpaired) electrons. The first-order valence-corrected chi connectivity index (χ1v) is 12.2. The summed E-state index contributed by atoms with van der Waals surface area (Å²) < 4.78 is 23.1. The second-order valence-corrected chi connectivity index (χ2v) is 9.25. The molecular weight excluding hydrogens is 450 g/mol. The van der Waals surface area contributed by atoms with Crippen LogP contribution in [0.15, 0.2) is 18.3 Å². The van der Waals surface area contributed by atoms with E-state index in [-0.39, 0.29) is 30.4 Å². The summed E-state index contributed by atoms with van der Waals surface area (Å²) in [5.74, 6) is 1.34. The summed E-state index contributed by atoms with van der Waals surface area (Å²) in [5, 5.41) is 0. The lowest BCUT2D eigenvalue weighted by atomic mass is 9.96. The van der Waals surface area contributed by atoms with E-state index >= 15 is 0 Å². The number of benzene rings is 1. The van der Waals surface area contributed by atoms with Gasteiger partial charge in [-0.1, -0.05) is 0 Å². The maximum absolute atomic E-state index is 13.6. The number of ether oxygens (including phenoxy) is 4. The molecular formula is C26H31N3O6. The van der Waals surface area contributed by atoms with Gasteiger partial charge in [0, 0.05) is 30.8 Å². The van der Waals surface area contributed by atoms with Crippen molar-refractivity contribution >= 4 is 17.6 Å². The summed E-state index contributed by atoms with van der Waals surface area (Å²) in [6.45, 7) is 5.61. The van der Waals surface area contributed by atoms with Crippen molar-refractivity contribution in [3.63, 3.8) is 0 Å². The summed E-state index contributed by atoms with van der Waals surface area (Å²) in [4.78, 5) is 31.4. The van der Waals surface area contributed by atoms with Crippen LogP contribution in [0.4, 0.5) is 5.69 Å². The van der Waals surface area contributed by atoms with Crippen LogP contribution in [0.1, 0.15) is 53.2 Å². The number of hydrogen-bond acceptors (Lipinski definition) is 8. The molecule has 1 fully saturated rings. The third-order valence-electron chi connectivity index (χ3n) is 6.86. The molecule has 5 rings (SSSR count). The van der Waals surface area contributed by atoms with E-state index in [4.69, 9.17) is 24.7 Å². The summed E-state index contributed by atoms with van der Waals surface area (Å²) in [7, 11) is 0. The Morgan fingerprint density at radius 1 is 1.31 bits per heavy atom. The number of nitrogen functional groups attached to an aromatic ring is 1. The molecule has 4 heterocycles. The largest absolute Gasteiger partial charge is 0.492 e. The van der Waals surface area contributed by atoms with Crippen molar-refractivity contribution in [3.05, 3.63) is 40.6 Å². The molecule has 9 heteroatoms. The molecule has 0 unspecified atom stereocenters. The lowest BCUT2D eigenvalue weighted by Gasteiger charge is -2.25. The number of nitrogens with two attached hydrogens (primary N) is 1. The van der Waals surface area contributed by atoms with Crippen LogP contribution in [0, 0.1) is 6.92 Å². The first-order valence-electron chi connectivity index (χ1n) is 12.2. The van der Waals surface area contributed by atoms with Crippen LogP contribution in [0.3, 0.4) is 0 Å². The summed E-state index contributed by atoms with van der Waals surface area (Å²) >= 11 is 0. The zero-order chi connectivity index (χ0) is 24.5. The van der Waals surface area contributed by atoms with Crippen molar-refractivity contribution in [3.8, 4) is 17.4 Å². The van der Waals surface area contributed by atoms with Gasteiger partial charge in [0.15, 0.2) is 0 Å². The Hall–Kier alpha value is -3.49. The van der Waals surface area contributed by atoms with Crippen molar-refractivity contribution in [1.82, 2.24) is 9.88 Å². The topological polar surface area (TPSA) is 113 Å². The molecule has 1 saturated heterocycles. The average Bonchev–Trinajstić information content (AvgIpc) is 3.19. The van der Waals surface area contributed by atoms with Crippen LogP contribution >= 0.6 is 0 Å². The molecule has 2 aromatic rings. The summed E-state index contributed by atoms with van der Waals surface area (Å²) in [5.41, 5.74) is 10.2. The molecule has 0 aliphatic carbocycles. The van der Waals surface area contributed by atoms with E-state index in [2.05, 4.69) is 4.98 Å². The fourth-order valence-electron chi connectivity index (χ4n) is 5.10. The maximum Gasteiger partial charge on any atom is 0.306 e. The molecule has 3 aliphatic heterocycles. The van der Waals surface area contributed by atoms with Gasteiger partial charge in [0.2, 0.25) is 5.88 Å². The Morgan fingerprint density at radius 2 is 2.17 bits per heavy atom. The van der Waals surface area contributed by atoms with Crippen LogP contribution in [0.25, 0.3) is 0 Å². The zero-order valence-electron chi connectivity index (χ0n) is 20.2. The van der Waals surface area contributed by atoms with E-state index in [1.807, 2.05) is 17.9 Å². The highest BCUT2D eigenvalue weighted by atomic mass is 16.5. The smallest absolute Gasteiger partial charge is 0.306 e. The number of nitrogens with zero attached hydrogens (tertiary/aromatic N) is 2. The van der Waals surface area contributed by atoms with Crippen LogP contribution in [0.2, 0.25) is 0 Å². The normalized spacial score (nSPS) is 20.6. The number of aryl methyl sites for hydroxylation is 2. The van der Waals surface area contributed by atoms with Crippen molar-refractivity contribution in [2.75, 3.05) is 32.1 Å². The number of hydrogen-bond donors (Lipinski definition) is 1. The Bertz CT molecular complexity index is 1150. The minimum atomic E-state index is -0.263. The highest BCUT2D eigenvalue weighted by Crippen LogP contribution is 2.41. The van der Waals surface area contributed by atoms with E-state index in [1.165, 1.54) is 0 Å². The van der Waals surface area contributed by atoms with Gasteiger partial charge in [-0.05, 0) is 55.9 Å². The van der Waals surface area contributed by atoms with Gasteiger partial charge in [0.25, 0.3) is 5.91 Å². The number of pyridine rings is 1. The van der Waals surface area contributed by atoms with Crippen LogP contribution in [-0.4, -0.2) is 60.3 Å². The van der Waals surface area contributed by atoms with Crippen molar-refractivity contribution in [2.24, 2.45) is 0 Å². The van der Waals surface area contributed by atoms with Gasteiger partial charge in [-0.3, -0.25) is 9.59 Å². The van der Waals surface area contributed by atoms with Crippen LogP contribution in [0.5, 0.6) is 17.4 Å². The monoisotopic (exact) mass is 481 g/mol. The van der Waals surface area contributed by atoms with Gasteiger partial charge in [0.1, 0.15) is 29.8 Å². The number of aromatic nitrogens is 1. The van der Waals surface area contributed by atoms with Gasteiger partial charge in [-0.2, -0.15) is 0 Å². The molecule has 2 N–H and O–H groups in total. The third-order valence-corrected chi connectivity index (χ3v) is 6.86. The third kappa shape index (κ3) is 4.59. The number of amides is 1. The summed E-state index contributed by atoms with van der Waals surface area (Å²) in [6.07, 6.45) is 4.58. The molecule has 0 bridgehead atoms. The molecule has 1 amide bonds. The van der Waals surface area contributed by atoms with E-state index < -0.39 is 0 Å². The number of carbonyl (C=O) groups is 2. The van der Waals surface area contributed by atoms with E-state index in [9.17, 15) is 9.59 Å². The lowest BCUT2D eigenvalue weighted by molar-refractivity contribution is -0.143. The second-order valence-electron chi connectivity index (χ2n) is 9.25. The minimum Gasteiger partial charge on any atom is -0.492 e. The molecule has 0 spiro atoms. The van der Waals surface area contributed by atoms with Gasteiger partial charge < -0.3 is 29.6 Å².